The minimum atomic E-state index is -2.72. The number of Topliss-reactive ketones (excluding diaryl/α,β-unsaturated/α-hetero) is 2. The van der Waals surface area contributed by atoms with Gasteiger partial charge in [0.15, 0.2) is 11.4 Å². The van der Waals surface area contributed by atoms with E-state index in [0.29, 0.717) is 0 Å². The Kier molecular flexibility index (Phi) is 6.18. The van der Waals surface area contributed by atoms with Crippen LogP contribution in [0.3, 0.4) is 0 Å². The number of nitrogens with zero attached hydrogens (tertiary/aromatic N) is 2. The van der Waals surface area contributed by atoms with Crippen LogP contribution in [0.4, 0.5) is 0 Å². The van der Waals surface area contributed by atoms with E-state index in [0.717, 1.165) is 25.9 Å². The number of aliphatic hydroxyl groups excluding tert-OH is 2. The number of carbonyl (C=O) groups excluding carboxylic acids is 3. The molecule has 5 atom stereocenters. The summed E-state index contributed by atoms with van der Waals surface area (Å²) in [5.74, 6) is -7.17. The topological polar surface area (TPSA) is 171 Å². The van der Waals surface area contributed by atoms with Crippen LogP contribution in [-0.4, -0.2) is 98.3 Å². The second kappa shape index (κ2) is 8.91. The van der Waals surface area contributed by atoms with E-state index in [2.05, 4.69) is 5.32 Å². The molecular formula is C27H33N3O8. The molecular weight excluding hydrogens is 494 g/mol. The standard InChI is InChI=1S/C27H33N3O8/c1-26(37)13-7-6-8-16(31)17(13)21(32)18-14(26)11-15-20(29(2)3)22(33)19(24(35)27(15,38)23(18)34)25(36)28-12-30-9-4-5-10-30/h6-8,14-15,20,31,33-34,37-38H,4-5,9-12H2,1-3H3,(H,28,36)/t14?,15-,20?,26+,27-/m0/s1. The number of phenolic OH excluding ortho intramolecular Hbond substituents is 1. The van der Waals surface area contributed by atoms with Gasteiger partial charge in [0.05, 0.1) is 23.9 Å². The number of carbonyl (C=O) groups is 3. The molecule has 1 saturated heterocycles. The lowest BCUT2D eigenvalue weighted by Crippen LogP contribution is -2.65. The normalized spacial score (nSPS) is 33.4. The summed E-state index contributed by atoms with van der Waals surface area (Å²) >= 11 is 0. The highest BCUT2D eigenvalue weighted by Gasteiger charge is 2.65. The monoisotopic (exact) mass is 527 g/mol. The first kappa shape index (κ1) is 26.4. The van der Waals surface area contributed by atoms with Gasteiger partial charge in [0.25, 0.3) is 5.91 Å². The lowest BCUT2D eigenvalue weighted by Gasteiger charge is -2.52. The van der Waals surface area contributed by atoms with E-state index in [-0.39, 0.29) is 24.2 Å². The van der Waals surface area contributed by atoms with Crippen molar-refractivity contribution in [2.24, 2.45) is 11.8 Å². The summed E-state index contributed by atoms with van der Waals surface area (Å²) in [6.45, 7) is 3.12. The highest BCUT2D eigenvalue weighted by Crippen LogP contribution is 2.56. The summed E-state index contributed by atoms with van der Waals surface area (Å²) in [5.41, 5.74) is -5.65. The van der Waals surface area contributed by atoms with Crippen molar-refractivity contribution >= 4 is 17.5 Å². The van der Waals surface area contributed by atoms with Crippen LogP contribution < -0.4 is 5.32 Å². The van der Waals surface area contributed by atoms with Gasteiger partial charge in [-0.05, 0) is 65.0 Å². The van der Waals surface area contributed by atoms with E-state index in [1.54, 1.807) is 14.1 Å². The number of amides is 1. The molecule has 1 aliphatic heterocycles. The Hall–Kier alpha value is -3.25. The number of benzene rings is 1. The Morgan fingerprint density at radius 1 is 1.13 bits per heavy atom. The fraction of sp³-hybridized carbons (Fsp3) is 0.519. The van der Waals surface area contributed by atoms with Gasteiger partial charge in [0.2, 0.25) is 5.78 Å². The minimum Gasteiger partial charge on any atom is -0.510 e. The van der Waals surface area contributed by atoms with Gasteiger partial charge in [-0.15, -0.1) is 0 Å². The summed E-state index contributed by atoms with van der Waals surface area (Å²) in [4.78, 5) is 44.0. The molecule has 1 heterocycles. The zero-order valence-corrected chi connectivity index (χ0v) is 21.6. The lowest BCUT2D eigenvalue weighted by molar-refractivity contribution is -0.152. The van der Waals surface area contributed by atoms with E-state index < -0.39 is 75.0 Å². The van der Waals surface area contributed by atoms with Crippen molar-refractivity contribution in [1.29, 1.82) is 0 Å². The van der Waals surface area contributed by atoms with Gasteiger partial charge in [-0.2, -0.15) is 0 Å². The Labute approximate surface area is 219 Å². The van der Waals surface area contributed by atoms with Crippen LogP contribution in [0.2, 0.25) is 0 Å². The molecule has 1 aromatic carbocycles. The fourth-order valence-corrected chi connectivity index (χ4v) is 6.70. The van der Waals surface area contributed by atoms with Crippen LogP contribution in [0.25, 0.3) is 0 Å². The molecule has 0 bridgehead atoms. The molecule has 11 heteroatoms. The van der Waals surface area contributed by atoms with E-state index in [9.17, 15) is 39.9 Å². The van der Waals surface area contributed by atoms with Gasteiger partial charge in [-0.25, -0.2) is 0 Å². The SMILES string of the molecule is CN(C)C1C(O)=C(C(=O)NCN2CCCC2)C(=O)[C@@]2(O)C(O)=C3C(=O)c4c(O)cccc4[C@@](C)(O)C3C[C@@H]12. The number of fused-ring (bicyclic) bond motifs is 3. The molecule has 2 unspecified atom stereocenters. The van der Waals surface area contributed by atoms with Gasteiger partial charge in [0.1, 0.15) is 22.8 Å². The Morgan fingerprint density at radius 3 is 2.42 bits per heavy atom. The van der Waals surface area contributed by atoms with Gasteiger partial charge < -0.3 is 30.8 Å². The van der Waals surface area contributed by atoms with E-state index in [1.807, 2.05) is 4.90 Å². The summed E-state index contributed by atoms with van der Waals surface area (Å²) in [6, 6.07) is 3.16. The van der Waals surface area contributed by atoms with E-state index in [4.69, 9.17) is 0 Å². The molecule has 0 saturated carbocycles. The van der Waals surface area contributed by atoms with Crippen molar-refractivity contribution in [1.82, 2.24) is 15.1 Å². The van der Waals surface area contributed by atoms with Crippen LogP contribution in [-0.2, 0) is 15.2 Å². The molecule has 1 aromatic rings. The molecule has 0 aromatic heterocycles. The number of hydrogen-bond donors (Lipinski definition) is 6. The van der Waals surface area contributed by atoms with Crippen molar-refractivity contribution in [3.8, 4) is 5.75 Å². The number of phenols is 1. The lowest BCUT2D eigenvalue weighted by atomic mass is 9.55. The zero-order valence-electron chi connectivity index (χ0n) is 21.6. The Bertz CT molecular complexity index is 1290. The highest BCUT2D eigenvalue weighted by atomic mass is 16.3. The molecule has 1 fully saturated rings. The van der Waals surface area contributed by atoms with Gasteiger partial charge in [0, 0.05) is 17.4 Å². The molecule has 5 rings (SSSR count). The van der Waals surface area contributed by atoms with Crippen LogP contribution in [0.1, 0.15) is 42.1 Å². The maximum Gasteiger partial charge on any atom is 0.259 e. The van der Waals surface area contributed by atoms with Crippen molar-refractivity contribution in [2.75, 3.05) is 33.9 Å². The second-order valence-electron chi connectivity index (χ2n) is 11.1. The second-order valence-corrected chi connectivity index (χ2v) is 11.1. The van der Waals surface area contributed by atoms with Gasteiger partial charge >= 0.3 is 0 Å². The van der Waals surface area contributed by atoms with Gasteiger partial charge in [-0.1, -0.05) is 12.1 Å². The maximum atomic E-state index is 13.8. The smallest absolute Gasteiger partial charge is 0.259 e. The zero-order chi connectivity index (χ0) is 27.7. The Balaban J connectivity index is 1.64. The molecule has 1 amide bonds. The molecule has 204 valence electrons. The van der Waals surface area contributed by atoms with Crippen LogP contribution in [0.15, 0.2) is 40.9 Å². The van der Waals surface area contributed by atoms with Crippen molar-refractivity contribution < 1.29 is 39.9 Å². The number of nitrogens with one attached hydrogen (secondary N) is 1. The number of aromatic hydroxyl groups is 1. The number of hydrogen-bond acceptors (Lipinski definition) is 10. The number of likely N-dealkylation sites (N-methyl/N-ethyl adjacent to an activating group) is 1. The summed E-state index contributed by atoms with van der Waals surface area (Å²) < 4.78 is 0. The predicted octanol–water partition coefficient (Wildman–Crippen LogP) is 0.470. The predicted molar refractivity (Wildman–Crippen MR) is 134 cm³/mol. The van der Waals surface area contributed by atoms with E-state index in [1.165, 1.54) is 30.0 Å². The van der Waals surface area contributed by atoms with Crippen molar-refractivity contribution in [3.05, 3.63) is 52.0 Å². The average Bonchev–Trinajstić information content (AvgIpc) is 3.37. The largest absolute Gasteiger partial charge is 0.510 e. The molecule has 3 aliphatic carbocycles. The van der Waals surface area contributed by atoms with Crippen molar-refractivity contribution in [3.63, 3.8) is 0 Å². The minimum absolute atomic E-state index is 0.143. The fourth-order valence-electron chi connectivity index (χ4n) is 6.70. The summed E-state index contributed by atoms with van der Waals surface area (Å²) in [6.07, 6.45) is 1.78. The first-order valence-corrected chi connectivity index (χ1v) is 12.7. The average molecular weight is 528 g/mol. The molecule has 0 radical (unpaired) electrons. The first-order chi connectivity index (χ1) is 17.8. The Morgan fingerprint density at radius 2 is 1.79 bits per heavy atom. The van der Waals surface area contributed by atoms with Gasteiger partial charge in [-0.3, -0.25) is 24.2 Å². The van der Waals surface area contributed by atoms with E-state index >= 15 is 0 Å². The van der Waals surface area contributed by atoms with Crippen LogP contribution >= 0.6 is 0 Å². The third-order valence-corrected chi connectivity index (χ3v) is 8.66. The maximum absolute atomic E-state index is 13.8. The van der Waals surface area contributed by atoms with Crippen LogP contribution in [0.5, 0.6) is 5.75 Å². The number of rotatable bonds is 4. The highest BCUT2D eigenvalue weighted by molar-refractivity contribution is 6.25. The molecule has 11 nitrogen and oxygen atoms in total. The third-order valence-electron chi connectivity index (χ3n) is 8.66. The molecule has 4 aliphatic rings. The molecule has 38 heavy (non-hydrogen) atoms. The summed E-state index contributed by atoms with van der Waals surface area (Å²) in [7, 11) is 3.18. The van der Waals surface area contributed by atoms with Crippen molar-refractivity contribution in [2.45, 2.75) is 43.4 Å². The van der Waals surface area contributed by atoms with Crippen LogP contribution in [0, 0.1) is 11.8 Å². The number of ketones is 2. The number of likely N-dealkylation sites (tertiary alicyclic amines) is 1. The first-order valence-electron chi connectivity index (χ1n) is 12.7. The molecule has 6 N–H and O–H groups in total. The third kappa shape index (κ3) is 3.53. The quantitative estimate of drug-likeness (QED) is 0.303. The summed E-state index contributed by atoms with van der Waals surface area (Å²) in [5, 5.41) is 59.2. The molecule has 0 spiro atoms. The number of aliphatic hydroxyl groups is 4.